The predicted octanol–water partition coefficient (Wildman–Crippen LogP) is 3.06. The van der Waals surface area contributed by atoms with Crippen LogP contribution >= 0.6 is 15.9 Å². The Balaban J connectivity index is 3.28. The summed E-state index contributed by atoms with van der Waals surface area (Å²) in [6, 6.07) is 0.997. The average Bonchev–Trinajstić information content (AvgIpc) is 2.35. The summed E-state index contributed by atoms with van der Waals surface area (Å²) < 4.78 is 49.9. The molecular weight excluding hydrogens is 347 g/mol. The molecule has 0 aliphatic heterocycles. The molecule has 0 aliphatic carbocycles. The number of halogens is 4. The fourth-order valence-electron chi connectivity index (χ4n) is 1.39. The summed E-state index contributed by atoms with van der Waals surface area (Å²) in [4.78, 5) is 15.3. The Labute approximate surface area is 121 Å². The molecule has 0 fully saturated rings. The summed E-state index contributed by atoms with van der Waals surface area (Å²) in [5.41, 5.74) is 0.176. The van der Waals surface area contributed by atoms with Gasteiger partial charge in [0, 0.05) is 11.4 Å². The van der Waals surface area contributed by atoms with Crippen molar-refractivity contribution in [2.45, 2.75) is 18.6 Å². The first-order valence-electron chi connectivity index (χ1n) is 5.39. The van der Waals surface area contributed by atoms with Crippen molar-refractivity contribution < 1.29 is 32.2 Å². The highest BCUT2D eigenvalue weighted by atomic mass is 79.9. The fourth-order valence-corrected chi connectivity index (χ4v) is 1.83. The van der Waals surface area contributed by atoms with E-state index in [-0.39, 0.29) is 28.9 Å². The lowest BCUT2D eigenvalue weighted by Crippen LogP contribution is -2.19. The molecule has 1 heterocycles. The number of carbonyl (C=O) groups is 1. The molecule has 1 aromatic rings. The summed E-state index contributed by atoms with van der Waals surface area (Å²) in [6.45, 7) is 1.72. The standard InChI is InChI=1S/C11H11BrF3NO4/c1-3-19-10(17)8-6(5-12)4-7(16-9(8)18-2)20-11(13,14)15/h4H,3,5H2,1-2H3. The molecule has 0 atom stereocenters. The highest BCUT2D eigenvalue weighted by molar-refractivity contribution is 9.08. The molecule has 9 heteroatoms. The Hall–Kier alpha value is -1.51. The van der Waals surface area contributed by atoms with Gasteiger partial charge in [0.25, 0.3) is 0 Å². The summed E-state index contributed by atoms with van der Waals surface area (Å²) in [5.74, 6) is -1.73. The maximum atomic E-state index is 12.2. The number of pyridine rings is 1. The van der Waals surface area contributed by atoms with Gasteiger partial charge in [0.2, 0.25) is 11.8 Å². The number of nitrogens with zero attached hydrogens (tertiary/aromatic N) is 1. The third kappa shape index (κ3) is 4.26. The lowest BCUT2D eigenvalue weighted by Gasteiger charge is -2.14. The van der Waals surface area contributed by atoms with E-state index in [2.05, 4.69) is 25.7 Å². The van der Waals surface area contributed by atoms with Crippen LogP contribution in [0.5, 0.6) is 11.8 Å². The van der Waals surface area contributed by atoms with E-state index in [9.17, 15) is 18.0 Å². The van der Waals surface area contributed by atoms with E-state index in [1.54, 1.807) is 6.92 Å². The number of carbonyl (C=O) groups excluding carboxylic acids is 1. The van der Waals surface area contributed by atoms with E-state index < -0.39 is 18.2 Å². The van der Waals surface area contributed by atoms with Crippen molar-refractivity contribution in [2.24, 2.45) is 0 Å². The topological polar surface area (TPSA) is 57.7 Å². The van der Waals surface area contributed by atoms with Crippen LogP contribution < -0.4 is 9.47 Å². The third-order valence-corrected chi connectivity index (χ3v) is 2.69. The van der Waals surface area contributed by atoms with Crippen LogP contribution in [0.15, 0.2) is 6.07 Å². The predicted molar refractivity (Wildman–Crippen MR) is 66.1 cm³/mol. The van der Waals surface area contributed by atoms with Crippen molar-refractivity contribution in [3.05, 3.63) is 17.2 Å². The van der Waals surface area contributed by atoms with Crippen LogP contribution in [0.25, 0.3) is 0 Å². The average molecular weight is 358 g/mol. The molecule has 0 saturated carbocycles. The van der Waals surface area contributed by atoms with Gasteiger partial charge in [0.05, 0.1) is 13.7 Å². The zero-order valence-electron chi connectivity index (χ0n) is 10.6. The summed E-state index contributed by atoms with van der Waals surface area (Å²) in [6.07, 6.45) is -4.88. The van der Waals surface area contributed by atoms with Gasteiger partial charge in [-0.05, 0) is 12.5 Å². The number of methoxy groups -OCH3 is 1. The fraction of sp³-hybridized carbons (Fsp3) is 0.455. The van der Waals surface area contributed by atoms with Gasteiger partial charge in [-0.15, -0.1) is 13.2 Å². The molecule has 0 amide bonds. The second kappa shape index (κ2) is 6.78. The number of esters is 1. The zero-order valence-corrected chi connectivity index (χ0v) is 12.2. The largest absolute Gasteiger partial charge is 0.574 e. The van der Waals surface area contributed by atoms with Crippen LogP contribution in [-0.2, 0) is 10.1 Å². The van der Waals surface area contributed by atoms with E-state index in [1.807, 2.05) is 0 Å². The zero-order chi connectivity index (χ0) is 15.3. The summed E-state index contributed by atoms with van der Waals surface area (Å²) in [7, 11) is 1.18. The van der Waals surface area contributed by atoms with Crippen LogP contribution in [0.3, 0.4) is 0 Å². The van der Waals surface area contributed by atoms with Crippen LogP contribution in [0.4, 0.5) is 13.2 Å². The van der Waals surface area contributed by atoms with Crippen molar-refractivity contribution in [3.63, 3.8) is 0 Å². The van der Waals surface area contributed by atoms with E-state index in [1.165, 1.54) is 7.11 Å². The van der Waals surface area contributed by atoms with Gasteiger partial charge in [-0.1, -0.05) is 15.9 Å². The first-order chi connectivity index (χ1) is 9.32. The lowest BCUT2D eigenvalue weighted by atomic mass is 10.1. The highest BCUT2D eigenvalue weighted by Crippen LogP contribution is 2.30. The van der Waals surface area contributed by atoms with E-state index >= 15 is 0 Å². The first kappa shape index (κ1) is 16.5. The maximum absolute atomic E-state index is 12.2. The van der Waals surface area contributed by atoms with Gasteiger partial charge in [-0.25, -0.2) is 4.79 Å². The number of aromatic nitrogens is 1. The van der Waals surface area contributed by atoms with E-state index in [0.29, 0.717) is 0 Å². The monoisotopic (exact) mass is 357 g/mol. The quantitative estimate of drug-likeness (QED) is 0.598. The molecule has 0 aliphatic rings. The summed E-state index contributed by atoms with van der Waals surface area (Å²) >= 11 is 3.08. The molecule has 0 radical (unpaired) electrons. The normalized spacial score (nSPS) is 11.1. The van der Waals surface area contributed by atoms with E-state index in [4.69, 9.17) is 9.47 Å². The minimum absolute atomic E-state index is 0.0410. The molecule has 1 aromatic heterocycles. The molecule has 0 saturated heterocycles. The van der Waals surface area contributed by atoms with Crippen LogP contribution in [0.1, 0.15) is 22.8 Å². The molecule has 0 bridgehead atoms. The Morgan fingerprint density at radius 2 is 2.10 bits per heavy atom. The van der Waals surface area contributed by atoms with Gasteiger partial charge < -0.3 is 14.2 Å². The minimum Gasteiger partial charge on any atom is -0.480 e. The Morgan fingerprint density at radius 3 is 2.55 bits per heavy atom. The van der Waals surface area contributed by atoms with Crippen LogP contribution in [-0.4, -0.2) is 31.0 Å². The number of hydrogen-bond acceptors (Lipinski definition) is 5. The lowest BCUT2D eigenvalue weighted by molar-refractivity contribution is -0.276. The molecular formula is C11H11BrF3NO4. The van der Waals surface area contributed by atoms with E-state index in [0.717, 1.165) is 6.07 Å². The minimum atomic E-state index is -4.88. The number of ether oxygens (including phenoxy) is 3. The first-order valence-corrected chi connectivity index (χ1v) is 6.51. The molecule has 1 rings (SSSR count). The Bertz CT molecular complexity index is 468. The van der Waals surface area contributed by atoms with Gasteiger partial charge >= 0.3 is 12.3 Å². The SMILES string of the molecule is CCOC(=O)c1c(CBr)cc(OC(F)(F)F)nc1OC. The Kier molecular flexibility index (Phi) is 5.61. The molecule has 112 valence electrons. The van der Waals surface area contributed by atoms with Gasteiger partial charge in [0.15, 0.2) is 0 Å². The second-order valence-electron chi connectivity index (χ2n) is 3.41. The highest BCUT2D eigenvalue weighted by Gasteiger charge is 2.33. The molecule has 0 unspecified atom stereocenters. The second-order valence-corrected chi connectivity index (χ2v) is 3.97. The van der Waals surface area contributed by atoms with Crippen LogP contribution in [0, 0.1) is 0 Å². The van der Waals surface area contributed by atoms with Gasteiger partial charge in [-0.2, -0.15) is 4.98 Å². The smallest absolute Gasteiger partial charge is 0.480 e. The van der Waals surface area contributed by atoms with Gasteiger partial charge in [-0.3, -0.25) is 0 Å². The maximum Gasteiger partial charge on any atom is 0.574 e. The molecule has 5 nitrogen and oxygen atoms in total. The Morgan fingerprint density at radius 1 is 1.45 bits per heavy atom. The molecule has 0 aromatic carbocycles. The van der Waals surface area contributed by atoms with Crippen molar-refractivity contribution in [3.8, 4) is 11.8 Å². The third-order valence-electron chi connectivity index (χ3n) is 2.08. The van der Waals surface area contributed by atoms with Crippen LogP contribution in [0.2, 0.25) is 0 Å². The van der Waals surface area contributed by atoms with Crippen molar-refractivity contribution in [2.75, 3.05) is 13.7 Å². The summed E-state index contributed by atoms with van der Waals surface area (Å²) in [5, 5.41) is 0.105. The van der Waals surface area contributed by atoms with Crippen molar-refractivity contribution in [1.29, 1.82) is 0 Å². The van der Waals surface area contributed by atoms with Gasteiger partial charge in [0.1, 0.15) is 5.56 Å². The molecule has 0 spiro atoms. The molecule has 20 heavy (non-hydrogen) atoms. The number of rotatable bonds is 5. The van der Waals surface area contributed by atoms with Crippen molar-refractivity contribution in [1.82, 2.24) is 4.98 Å². The molecule has 0 N–H and O–H groups in total. The number of hydrogen-bond donors (Lipinski definition) is 0. The van der Waals surface area contributed by atoms with Crippen molar-refractivity contribution >= 4 is 21.9 Å². The number of alkyl halides is 4.